The van der Waals surface area contributed by atoms with Gasteiger partial charge in [-0.25, -0.2) is 0 Å². The van der Waals surface area contributed by atoms with Crippen molar-refractivity contribution in [3.8, 4) is 0 Å². The highest BCUT2D eigenvalue weighted by Crippen LogP contribution is 2.41. The molecule has 0 unspecified atom stereocenters. The Kier molecular flexibility index (Phi) is 6.44. The molecule has 2 aromatic rings. The van der Waals surface area contributed by atoms with E-state index >= 15 is 0 Å². The normalized spacial score (nSPS) is 15.9. The zero-order chi connectivity index (χ0) is 17.5. The van der Waals surface area contributed by atoms with Gasteiger partial charge in [-0.2, -0.15) is 11.8 Å². The third-order valence-electron chi connectivity index (χ3n) is 4.97. The molecule has 2 aromatic carbocycles. The molecular formula is C21H24ClNOS. The predicted molar refractivity (Wildman–Crippen MR) is 107 cm³/mol. The number of rotatable bonds is 7. The van der Waals surface area contributed by atoms with E-state index < -0.39 is 0 Å². The van der Waals surface area contributed by atoms with E-state index in [2.05, 4.69) is 23.5 Å². The lowest BCUT2D eigenvalue weighted by Gasteiger charge is -2.28. The summed E-state index contributed by atoms with van der Waals surface area (Å²) in [4.78, 5) is 12.9. The van der Waals surface area contributed by atoms with Crippen LogP contribution < -0.4 is 5.32 Å². The van der Waals surface area contributed by atoms with Crippen LogP contribution in [0.3, 0.4) is 0 Å². The summed E-state index contributed by atoms with van der Waals surface area (Å²) in [5.41, 5.74) is 1.99. The summed E-state index contributed by atoms with van der Waals surface area (Å²) in [5.74, 6) is 1.95. The molecule has 25 heavy (non-hydrogen) atoms. The molecule has 3 rings (SSSR count). The van der Waals surface area contributed by atoms with E-state index in [0.717, 1.165) is 53.3 Å². The summed E-state index contributed by atoms with van der Waals surface area (Å²) in [6.45, 7) is 0.697. The van der Waals surface area contributed by atoms with Crippen LogP contribution in [0.25, 0.3) is 0 Å². The van der Waals surface area contributed by atoms with Gasteiger partial charge in [0.25, 0.3) is 0 Å². The Hall–Kier alpha value is -1.45. The standard InChI is InChI=1S/C21H24ClNOS/c22-19-11-5-4-8-17(19)16-25-15-14-23-20(24)21(12-6-7-13-21)18-9-2-1-3-10-18/h1-5,8-11H,6-7,12-16H2,(H,23,24). The molecule has 0 spiro atoms. The first-order chi connectivity index (χ1) is 12.2. The van der Waals surface area contributed by atoms with Gasteiger partial charge in [-0.1, -0.05) is 73.0 Å². The Bertz CT molecular complexity index is 698. The topological polar surface area (TPSA) is 29.1 Å². The fraction of sp³-hybridized carbons (Fsp3) is 0.381. The largest absolute Gasteiger partial charge is 0.355 e. The van der Waals surface area contributed by atoms with E-state index in [9.17, 15) is 4.79 Å². The Morgan fingerprint density at radius 2 is 1.72 bits per heavy atom. The number of benzene rings is 2. The van der Waals surface area contributed by atoms with Gasteiger partial charge in [0.15, 0.2) is 0 Å². The zero-order valence-corrected chi connectivity index (χ0v) is 15.9. The van der Waals surface area contributed by atoms with Crippen molar-refractivity contribution in [3.05, 3.63) is 70.7 Å². The molecule has 132 valence electrons. The number of carbonyl (C=O) groups is 1. The van der Waals surface area contributed by atoms with Crippen molar-refractivity contribution in [1.82, 2.24) is 5.32 Å². The van der Waals surface area contributed by atoms with Gasteiger partial charge in [-0.15, -0.1) is 0 Å². The summed E-state index contributed by atoms with van der Waals surface area (Å²) in [5, 5.41) is 3.99. The molecule has 2 nitrogen and oxygen atoms in total. The van der Waals surface area contributed by atoms with Gasteiger partial charge in [0.1, 0.15) is 0 Å². The first kappa shape index (κ1) is 18.3. The quantitative estimate of drug-likeness (QED) is 0.675. The second kappa shape index (κ2) is 8.77. The number of thioether (sulfide) groups is 1. The molecule has 0 saturated heterocycles. The van der Waals surface area contributed by atoms with Crippen molar-refractivity contribution in [2.75, 3.05) is 12.3 Å². The van der Waals surface area contributed by atoms with Gasteiger partial charge in [0, 0.05) is 23.1 Å². The molecule has 1 N–H and O–H groups in total. The molecule has 0 aromatic heterocycles. The first-order valence-corrected chi connectivity index (χ1v) is 10.4. The van der Waals surface area contributed by atoms with E-state index in [1.54, 1.807) is 11.8 Å². The summed E-state index contributed by atoms with van der Waals surface area (Å²) >= 11 is 7.98. The maximum Gasteiger partial charge on any atom is 0.230 e. The third-order valence-corrected chi connectivity index (χ3v) is 6.34. The minimum absolute atomic E-state index is 0.189. The van der Waals surface area contributed by atoms with Crippen LogP contribution in [0.2, 0.25) is 5.02 Å². The van der Waals surface area contributed by atoms with Gasteiger partial charge in [-0.05, 0) is 30.0 Å². The van der Waals surface area contributed by atoms with Crippen LogP contribution in [-0.4, -0.2) is 18.2 Å². The maximum atomic E-state index is 12.9. The monoisotopic (exact) mass is 373 g/mol. The minimum Gasteiger partial charge on any atom is -0.355 e. The van der Waals surface area contributed by atoms with Crippen molar-refractivity contribution >= 4 is 29.3 Å². The summed E-state index contributed by atoms with van der Waals surface area (Å²) in [7, 11) is 0. The SMILES string of the molecule is O=C(NCCSCc1ccccc1Cl)C1(c2ccccc2)CCCC1. The van der Waals surface area contributed by atoms with Crippen LogP contribution in [0.15, 0.2) is 54.6 Å². The van der Waals surface area contributed by atoms with Crippen LogP contribution in [0.1, 0.15) is 36.8 Å². The van der Waals surface area contributed by atoms with Gasteiger partial charge < -0.3 is 5.32 Å². The molecule has 0 aliphatic heterocycles. The number of hydrogen-bond donors (Lipinski definition) is 1. The minimum atomic E-state index is -0.325. The van der Waals surface area contributed by atoms with E-state index in [-0.39, 0.29) is 11.3 Å². The molecule has 1 aliphatic carbocycles. The van der Waals surface area contributed by atoms with E-state index in [0.29, 0.717) is 6.54 Å². The van der Waals surface area contributed by atoms with Crippen LogP contribution >= 0.6 is 23.4 Å². The highest BCUT2D eigenvalue weighted by Gasteiger charge is 2.42. The molecule has 1 saturated carbocycles. The molecular weight excluding hydrogens is 350 g/mol. The molecule has 0 atom stereocenters. The number of amides is 1. The number of carbonyl (C=O) groups excluding carboxylic acids is 1. The molecule has 1 amide bonds. The lowest BCUT2D eigenvalue weighted by Crippen LogP contribution is -2.43. The molecule has 0 radical (unpaired) electrons. The fourth-order valence-electron chi connectivity index (χ4n) is 3.59. The Labute approximate surface area is 159 Å². The Morgan fingerprint density at radius 3 is 2.44 bits per heavy atom. The molecule has 4 heteroatoms. The summed E-state index contributed by atoms with van der Waals surface area (Å²) in [6, 6.07) is 18.2. The number of nitrogens with one attached hydrogen (secondary N) is 1. The maximum absolute atomic E-state index is 12.9. The lowest BCUT2D eigenvalue weighted by molar-refractivity contribution is -0.126. The second-order valence-electron chi connectivity index (χ2n) is 6.56. The van der Waals surface area contributed by atoms with Crippen molar-refractivity contribution in [1.29, 1.82) is 0 Å². The van der Waals surface area contributed by atoms with Crippen LogP contribution in [0.4, 0.5) is 0 Å². The van der Waals surface area contributed by atoms with Crippen LogP contribution in [0.5, 0.6) is 0 Å². The molecule has 1 fully saturated rings. The molecule has 0 heterocycles. The third kappa shape index (κ3) is 4.39. The summed E-state index contributed by atoms with van der Waals surface area (Å²) < 4.78 is 0. The molecule has 1 aliphatic rings. The fourth-order valence-corrected chi connectivity index (χ4v) is 4.73. The first-order valence-electron chi connectivity index (χ1n) is 8.87. The highest BCUT2D eigenvalue weighted by atomic mass is 35.5. The number of hydrogen-bond acceptors (Lipinski definition) is 2. The second-order valence-corrected chi connectivity index (χ2v) is 8.07. The average molecular weight is 374 g/mol. The van der Waals surface area contributed by atoms with Crippen molar-refractivity contribution in [2.45, 2.75) is 36.9 Å². The van der Waals surface area contributed by atoms with Gasteiger partial charge in [0.2, 0.25) is 5.91 Å². The van der Waals surface area contributed by atoms with Crippen LogP contribution in [0, 0.1) is 0 Å². The molecule has 0 bridgehead atoms. The number of halogens is 1. The van der Waals surface area contributed by atoms with Gasteiger partial charge >= 0.3 is 0 Å². The zero-order valence-electron chi connectivity index (χ0n) is 14.3. The van der Waals surface area contributed by atoms with Crippen molar-refractivity contribution in [2.24, 2.45) is 0 Å². The van der Waals surface area contributed by atoms with E-state index in [1.807, 2.05) is 36.4 Å². The van der Waals surface area contributed by atoms with E-state index in [1.165, 1.54) is 0 Å². The predicted octanol–water partition coefficient (Wildman–Crippen LogP) is 5.20. The van der Waals surface area contributed by atoms with Crippen molar-refractivity contribution < 1.29 is 4.79 Å². The summed E-state index contributed by atoms with van der Waals surface area (Å²) in [6.07, 6.45) is 4.17. The lowest BCUT2D eigenvalue weighted by atomic mass is 9.78. The van der Waals surface area contributed by atoms with Gasteiger partial charge in [-0.3, -0.25) is 4.79 Å². The van der Waals surface area contributed by atoms with Crippen LogP contribution in [-0.2, 0) is 16.0 Å². The Balaban J connectivity index is 1.50. The van der Waals surface area contributed by atoms with Gasteiger partial charge in [0.05, 0.1) is 5.41 Å². The Morgan fingerprint density at radius 1 is 1.04 bits per heavy atom. The smallest absolute Gasteiger partial charge is 0.230 e. The van der Waals surface area contributed by atoms with E-state index in [4.69, 9.17) is 11.6 Å². The highest BCUT2D eigenvalue weighted by molar-refractivity contribution is 7.98. The average Bonchev–Trinajstić information content (AvgIpc) is 3.15. The van der Waals surface area contributed by atoms with Crippen molar-refractivity contribution in [3.63, 3.8) is 0 Å².